The van der Waals surface area contributed by atoms with Gasteiger partial charge in [0.25, 0.3) is 0 Å². The molecule has 4 nitrogen and oxygen atoms in total. The maximum absolute atomic E-state index is 9.89. The Labute approximate surface area is 155 Å². The lowest BCUT2D eigenvalue weighted by Crippen LogP contribution is -2.45. The van der Waals surface area contributed by atoms with E-state index in [1.54, 1.807) is 7.11 Å². The van der Waals surface area contributed by atoms with Crippen LogP contribution in [0.1, 0.15) is 24.4 Å². The largest absolute Gasteiger partial charge is 0.503 e. The fourth-order valence-corrected chi connectivity index (χ4v) is 2.99. The summed E-state index contributed by atoms with van der Waals surface area (Å²) in [6, 6.07) is 3.99. The van der Waals surface area contributed by atoms with Gasteiger partial charge in [-0.25, -0.2) is 0 Å². The summed E-state index contributed by atoms with van der Waals surface area (Å²) in [6.45, 7) is 7.81. The van der Waals surface area contributed by atoms with Gasteiger partial charge in [-0.05, 0) is 30.5 Å². The van der Waals surface area contributed by atoms with Crippen molar-refractivity contribution >= 4 is 36.4 Å². The average molecular weight is 384 g/mol. The van der Waals surface area contributed by atoms with Crippen molar-refractivity contribution in [1.29, 1.82) is 0 Å². The summed E-state index contributed by atoms with van der Waals surface area (Å²) in [5, 5.41) is 13.6. The van der Waals surface area contributed by atoms with Crippen LogP contribution in [0.25, 0.3) is 0 Å². The van der Waals surface area contributed by atoms with Crippen LogP contribution in [-0.4, -0.2) is 43.3 Å². The highest BCUT2D eigenvalue weighted by Crippen LogP contribution is 2.39. The lowest BCUT2D eigenvalue weighted by Gasteiger charge is -2.35. The molecule has 7 heteroatoms. The molecule has 1 atom stereocenters. The summed E-state index contributed by atoms with van der Waals surface area (Å²) < 4.78 is 5.22. The van der Waals surface area contributed by atoms with Gasteiger partial charge in [-0.1, -0.05) is 17.7 Å². The van der Waals surface area contributed by atoms with E-state index in [0.717, 1.165) is 44.6 Å². The molecule has 1 fully saturated rings. The second-order valence-electron chi connectivity index (χ2n) is 5.22. The standard InChI is InChI=1S/C16H23ClN2O2.2ClH/c1-3-4-5-14(19-8-6-18-7-9-19)12-10-13(17)16(20)15(11-12)21-2;;/h3,10-11,14,18,20H,1,4-9H2,2H3;2*1H/t14-;;/m0../s1. The fraction of sp³-hybridized carbons (Fsp3) is 0.500. The van der Waals surface area contributed by atoms with E-state index >= 15 is 0 Å². The van der Waals surface area contributed by atoms with Crippen LogP contribution in [0, 0.1) is 0 Å². The first-order chi connectivity index (χ1) is 10.2. The smallest absolute Gasteiger partial charge is 0.176 e. The van der Waals surface area contributed by atoms with Gasteiger partial charge in [0.05, 0.1) is 12.1 Å². The van der Waals surface area contributed by atoms with Gasteiger partial charge in [0.1, 0.15) is 0 Å². The monoisotopic (exact) mass is 382 g/mol. The van der Waals surface area contributed by atoms with E-state index in [-0.39, 0.29) is 36.6 Å². The van der Waals surface area contributed by atoms with Crippen LogP contribution >= 0.6 is 36.4 Å². The van der Waals surface area contributed by atoms with Gasteiger partial charge in [-0.15, -0.1) is 31.4 Å². The minimum atomic E-state index is 0. The number of methoxy groups -OCH3 is 1. The molecule has 1 heterocycles. The number of nitrogens with one attached hydrogen (secondary N) is 1. The molecule has 1 aromatic rings. The molecule has 1 saturated heterocycles. The molecule has 23 heavy (non-hydrogen) atoms. The third kappa shape index (κ3) is 5.73. The molecule has 2 N–H and O–H groups in total. The minimum Gasteiger partial charge on any atom is -0.503 e. The Kier molecular flexibility index (Phi) is 10.7. The maximum atomic E-state index is 9.89. The molecule has 0 spiro atoms. The number of allylic oxidation sites excluding steroid dienone is 1. The Morgan fingerprint density at radius 2 is 2.04 bits per heavy atom. The van der Waals surface area contributed by atoms with Crippen molar-refractivity contribution in [3.8, 4) is 11.5 Å². The van der Waals surface area contributed by atoms with Crippen LogP contribution in [0.15, 0.2) is 24.8 Å². The number of piperazine rings is 1. The van der Waals surface area contributed by atoms with Crippen LogP contribution in [0.3, 0.4) is 0 Å². The van der Waals surface area contributed by atoms with Crippen molar-refractivity contribution in [3.63, 3.8) is 0 Å². The zero-order valence-electron chi connectivity index (χ0n) is 13.3. The first-order valence-electron chi connectivity index (χ1n) is 7.29. The molecule has 0 amide bonds. The molecule has 0 radical (unpaired) electrons. The lowest BCUT2D eigenvalue weighted by atomic mass is 9.99. The van der Waals surface area contributed by atoms with Crippen LogP contribution < -0.4 is 10.1 Å². The third-order valence-electron chi connectivity index (χ3n) is 3.89. The first kappa shape index (κ1) is 22.4. The molecule has 1 aromatic carbocycles. The molecule has 132 valence electrons. The van der Waals surface area contributed by atoms with Crippen molar-refractivity contribution in [1.82, 2.24) is 10.2 Å². The number of phenolic OH excluding ortho intramolecular Hbond substituents is 1. The van der Waals surface area contributed by atoms with E-state index < -0.39 is 0 Å². The number of hydrogen-bond acceptors (Lipinski definition) is 4. The SMILES string of the molecule is C=CCC[C@@H](c1cc(Cl)c(O)c(OC)c1)N1CCNCC1.Cl.Cl. The van der Waals surface area contributed by atoms with E-state index in [1.807, 2.05) is 18.2 Å². The molecule has 0 saturated carbocycles. The summed E-state index contributed by atoms with van der Waals surface area (Å²) in [6.07, 6.45) is 3.86. The van der Waals surface area contributed by atoms with E-state index in [1.165, 1.54) is 0 Å². The Morgan fingerprint density at radius 3 is 2.61 bits per heavy atom. The zero-order chi connectivity index (χ0) is 15.2. The molecule has 1 aliphatic rings. The number of aromatic hydroxyl groups is 1. The Bertz CT molecular complexity index is 494. The summed E-state index contributed by atoms with van der Waals surface area (Å²) in [5.74, 6) is 0.432. The van der Waals surface area contributed by atoms with Crippen LogP contribution in [-0.2, 0) is 0 Å². The number of ether oxygens (including phenoxy) is 1. The van der Waals surface area contributed by atoms with Gasteiger partial charge in [-0.2, -0.15) is 0 Å². The van der Waals surface area contributed by atoms with E-state index in [4.69, 9.17) is 16.3 Å². The maximum Gasteiger partial charge on any atom is 0.176 e. The second kappa shape index (κ2) is 11.0. The molecule has 2 rings (SSSR count). The van der Waals surface area contributed by atoms with Gasteiger partial charge in [0, 0.05) is 32.2 Å². The predicted octanol–water partition coefficient (Wildman–Crippen LogP) is 3.81. The normalized spacial score (nSPS) is 15.9. The van der Waals surface area contributed by atoms with Crippen LogP contribution in [0.5, 0.6) is 11.5 Å². The molecule has 0 aromatic heterocycles. The lowest BCUT2D eigenvalue weighted by molar-refractivity contribution is 0.166. The number of nitrogens with zero attached hydrogens (tertiary/aromatic N) is 1. The molecule has 0 unspecified atom stereocenters. The third-order valence-corrected chi connectivity index (χ3v) is 4.18. The van der Waals surface area contributed by atoms with E-state index in [2.05, 4.69) is 16.8 Å². The Balaban J connectivity index is 0.00000242. The van der Waals surface area contributed by atoms with Crippen molar-refractivity contribution in [2.75, 3.05) is 33.3 Å². The summed E-state index contributed by atoms with van der Waals surface area (Å²) >= 11 is 6.13. The highest BCUT2D eigenvalue weighted by Gasteiger charge is 2.23. The van der Waals surface area contributed by atoms with Crippen molar-refractivity contribution < 1.29 is 9.84 Å². The second-order valence-corrected chi connectivity index (χ2v) is 5.63. The Hall–Kier alpha value is -0.650. The predicted molar refractivity (Wildman–Crippen MR) is 101 cm³/mol. The highest BCUT2D eigenvalue weighted by molar-refractivity contribution is 6.32. The number of rotatable bonds is 6. The van der Waals surface area contributed by atoms with E-state index in [9.17, 15) is 5.11 Å². The molecule has 1 aliphatic heterocycles. The van der Waals surface area contributed by atoms with Gasteiger partial charge in [0.2, 0.25) is 0 Å². The van der Waals surface area contributed by atoms with E-state index in [0.29, 0.717) is 10.8 Å². The summed E-state index contributed by atoms with van der Waals surface area (Å²) in [4.78, 5) is 2.45. The highest BCUT2D eigenvalue weighted by atomic mass is 35.5. The summed E-state index contributed by atoms with van der Waals surface area (Å²) in [7, 11) is 1.54. The van der Waals surface area contributed by atoms with Crippen LogP contribution in [0.4, 0.5) is 0 Å². The van der Waals surface area contributed by atoms with Crippen molar-refractivity contribution in [3.05, 3.63) is 35.4 Å². The molecular formula is C16H25Cl3N2O2. The molecular weight excluding hydrogens is 359 g/mol. The molecule has 0 bridgehead atoms. The number of halogens is 3. The van der Waals surface area contributed by atoms with Gasteiger partial charge in [-0.3, -0.25) is 4.90 Å². The number of phenols is 1. The number of hydrogen-bond donors (Lipinski definition) is 2. The minimum absolute atomic E-state index is 0. The summed E-state index contributed by atoms with van der Waals surface area (Å²) in [5.41, 5.74) is 1.08. The first-order valence-corrected chi connectivity index (χ1v) is 7.67. The topological polar surface area (TPSA) is 44.7 Å². The zero-order valence-corrected chi connectivity index (χ0v) is 15.6. The van der Waals surface area contributed by atoms with Gasteiger partial charge >= 0.3 is 0 Å². The fourth-order valence-electron chi connectivity index (χ4n) is 2.77. The quantitative estimate of drug-likeness (QED) is 0.733. The number of benzene rings is 1. The van der Waals surface area contributed by atoms with Crippen LogP contribution in [0.2, 0.25) is 5.02 Å². The Morgan fingerprint density at radius 1 is 1.39 bits per heavy atom. The van der Waals surface area contributed by atoms with Crippen molar-refractivity contribution in [2.45, 2.75) is 18.9 Å². The average Bonchev–Trinajstić information content (AvgIpc) is 2.52. The van der Waals surface area contributed by atoms with Gasteiger partial charge < -0.3 is 15.2 Å². The van der Waals surface area contributed by atoms with Crippen molar-refractivity contribution in [2.24, 2.45) is 0 Å². The molecule has 0 aliphatic carbocycles. The van der Waals surface area contributed by atoms with Gasteiger partial charge in [0.15, 0.2) is 11.5 Å².